The van der Waals surface area contributed by atoms with Gasteiger partial charge < -0.3 is 24.4 Å². The lowest BCUT2D eigenvalue weighted by Gasteiger charge is -2.10. The summed E-state index contributed by atoms with van der Waals surface area (Å²) in [4.78, 5) is 25.0. The molecule has 1 aliphatic heterocycles. The van der Waals surface area contributed by atoms with Crippen LogP contribution in [0.25, 0.3) is 6.08 Å². The van der Waals surface area contributed by atoms with Crippen LogP contribution in [0, 0.1) is 5.92 Å². The van der Waals surface area contributed by atoms with E-state index in [1.54, 1.807) is 12.1 Å². The minimum absolute atomic E-state index is 0.0301. The number of carbonyl (C=O) groups excluding carboxylic acids is 2. The molecule has 0 amide bonds. The van der Waals surface area contributed by atoms with Crippen molar-refractivity contribution in [3.05, 3.63) is 53.1 Å². The lowest BCUT2D eigenvalue weighted by atomic mass is 9.91. The highest BCUT2D eigenvalue weighted by molar-refractivity contribution is 6.09. The van der Waals surface area contributed by atoms with Gasteiger partial charge in [0.2, 0.25) is 0 Å². The van der Waals surface area contributed by atoms with Gasteiger partial charge >= 0.3 is 5.97 Å². The number of esters is 1. The van der Waals surface area contributed by atoms with Crippen LogP contribution in [0.1, 0.15) is 15.9 Å². The third-order valence-electron chi connectivity index (χ3n) is 4.30. The lowest BCUT2D eigenvalue weighted by molar-refractivity contribution is -0.135. The molecule has 0 aromatic heterocycles. The molecule has 7 nitrogen and oxygen atoms in total. The van der Waals surface area contributed by atoms with E-state index in [-0.39, 0.29) is 41.0 Å². The van der Waals surface area contributed by atoms with Crippen molar-refractivity contribution >= 4 is 17.8 Å². The van der Waals surface area contributed by atoms with Crippen LogP contribution in [0.3, 0.4) is 0 Å². The molecule has 140 valence electrons. The Labute approximate surface area is 155 Å². The molecule has 3 rings (SSSR count). The van der Waals surface area contributed by atoms with Crippen molar-refractivity contribution in [1.82, 2.24) is 0 Å². The molecule has 0 saturated carbocycles. The van der Waals surface area contributed by atoms with Gasteiger partial charge in [0.25, 0.3) is 0 Å². The van der Waals surface area contributed by atoms with Gasteiger partial charge in [-0.25, -0.2) is 4.79 Å². The predicted molar refractivity (Wildman–Crippen MR) is 96.1 cm³/mol. The molecule has 0 radical (unpaired) electrons. The van der Waals surface area contributed by atoms with Gasteiger partial charge in [0.05, 0.1) is 25.7 Å². The first-order valence-electron chi connectivity index (χ1n) is 8.11. The van der Waals surface area contributed by atoms with Crippen molar-refractivity contribution in [2.24, 2.45) is 5.92 Å². The van der Waals surface area contributed by atoms with Crippen LogP contribution >= 0.6 is 0 Å². The molecule has 7 heteroatoms. The van der Waals surface area contributed by atoms with Gasteiger partial charge in [-0.05, 0) is 42.0 Å². The van der Waals surface area contributed by atoms with E-state index in [1.807, 2.05) is 0 Å². The number of phenolic OH excluding ortho intramolecular Hbond substituents is 2. The van der Waals surface area contributed by atoms with Gasteiger partial charge in [-0.2, -0.15) is 0 Å². The SMILES string of the molecule is COc1cc(/C=C2/C(=O)OC[C@@H]2C(=O)c2ccc(O)c(OC)c2)ccc1O. The minimum atomic E-state index is -0.786. The Bertz CT molecular complexity index is 930. The van der Waals surface area contributed by atoms with E-state index in [9.17, 15) is 19.8 Å². The maximum atomic E-state index is 12.9. The van der Waals surface area contributed by atoms with Crippen LogP contribution in [-0.4, -0.2) is 42.8 Å². The molecule has 2 aromatic carbocycles. The first kappa shape index (κ1) is 18.3. The summed E-state index contributed by atoms with van der Waals surface area (Å²) in [5, 5.41) is 19.4. The maximum absolute atomic E-state index is 12.9. The Morgan fingerprint density at radius 3 is 2.37 bits per heavy atom. The highest BCUT2D eigenvalue weighted by Crippen LogP contribution is 2.33. The zero-order valence-electron chi connectivity index (χ0n) is 14.8. The summed E-state index contributed by atoms with van der Waals surface area (Å²) in [5.41, 5.74) is 1.08. The first-order chi connectivity index (χ1) is 12.9. The number of hydrogen-bond acceptors (Lipinski definition) is 7. The lowest BCUT2D eigenvalue weighted by Crippen LogP contribution is -2.17. The number of ether oxygens (including phenoxy) is 3. The van der Waals surface area contributed by atoms with Gasteiger partial charge in [-0.3, -0.25) is 4.79 Å². The fourth-order valence-electron chi connectivity index (χ4n) is 2.85. The van der Waals surface area contributed by atoms with Crippen molar-refractivity contribution in [3.8, 4) is 23.0 Å². The quantitative estimate of drug-likeness (QED) is 0.474. The zero-order valence-corrected chi connectivity index (χ0v) is 14.8. The molecule has 0 aliphatic carbocycles. The third-order valence-corrected chi connectivity index (χ3v) is 4.30. The normalized spacial score (nSPS) is 17.6. The van der Waals surface area contributed by atoms with Crippen LogP contribution in [0.15, 0.2) is 42.0 Å². The number of hydrogen-bond donors (Lipinski definition) is 2. The van der Waals surface area contributed by atoms with Crippen LogP contribution in [0.2, 0.25) is 0 Å². The predicted octanol–water partition coefficient (Wildman–Crippen LogP) is 2.55. The molecule has 1 saturated heterocycles. The molecule has 1 atom stereocenters. The Kier molecular flexibility index (Phi) is 5.03. The number of cyclic esters (lactones) is 1. The van der Waals surface area contributed by atoms with Crippen molar-refractivity contribution in [2.45, 2.75) is 0 Å². The highest BCUT2D eigenvalue weighted by Gasteiger charge is 2.36. The number of ketones is 1. The minimum Gasteiger partial charge on any atom is -0.504 e. The number of benzene rings is 2. The summed E-state index contributed by atoms with van der Waals surface area (Å²) in [7, 11) is 2.80. The summed E-state index contributed by atoms with van der Waals surface area (Å²) >= 11 is 0. The van der Waals surface area contributed by atoms with Crippen molar-refractivity contribution in [3.63, 3.8) is 0 Å². The Hall–Kier alpha value is -3.48. The zero-order chi connectivity index (χ0) is 19.6. The van der Waals surface area contributed by atoms with E-state index < -0.39 is 11.9 Å². The third kappa shape index (κ3) is 3.57. The van der Waals surface area contributed by atoms with Crippen molar-refractivity contribution in [2.75, 3.05) is 20.8 Å². The Morgan fingerprint density at radius 1 is 1.07 bits per heavy atom. The van der Waals surface area contributed by atoms with E-state index in [0.717, 1.165) is 0 Å². The molecule has 27 heavy (non-hydrogen) atoms. The van der Waals surface area contributed by atoms with E-state index >= 15 is 0 Å². The number of phenols is 2. The molecular weight excluding hydrogens is 352 g/mol. The second-order valence-electron chi connectivity index (χ2n) is 5.93. The summed E-state index contributed by atoms with van der Waals surface area (Å²) in [5.74, 6) is -1.38. The van der Waals surface area contributed by atoms with E-state index in [2.05, 4.69) is 0 Å². The number of aromatic hydroxyl groups is 2. The second-order valence-corrected chi connectivity index (χ2v) is 5.93. The summed E-state index contributed by atoms with van der Waals surface area (Å²) in [6.07, 6.45) is 1.54. The monoisotopic (exact) mass is 370 g/mol. The molecular formula is C20H18O7. The molecule has 0 unspecified atom stereocenters. The van der Waals surface area contributed by atoms with E-state index in [1.165, 1.54) is 44.6 Å². The number of Topliss-reactive ketones (excluding diaryl/α,β-unsaturated/α-hetero) is 1. The van der Waals surface area contributed by atoms with Crippen molar-refractivity contribution in [1.29, 1.82) is 0 Å². The average Bonchev–Trinajstić information content (AvgIpc) is 3.03. The molecule has 2 N–H and O–H groups in total. The van der Waals surface area contributed by atoms with Crippen LogP contribution in [0.5, 0.6) is 23.0 Å². The maximum Gasteiger partial charge on any atom is 0.334 e. The number of methoxy groups -OCH3 is 2. The van der Waals surface area contributed by atoms with Gasteiger partial charge in [0.15, 0.2) is 28.8 Å². The Morgan fingerprint density at radius 2 is 1.70 bits per heavy atom. The average molecular weight is 370 g/mol. The van der Waals surface area contributed by atoms with Crippen LogP contribution in [-0.2, 0) is 9.53 Å². The van der Waals surface area contributed by atoms with Gasteiger partial charge in [0.1, 0.15) is 6.61 Å². The van der Waals surface area contributed by atoms with Gasteiger partial charge in [-0.15, -0.1) is 0 Å². The highest BCUT2D eigenvalue weighted by atomic mass is 16.5. The Balaban J connectivity index is 1.95. The summed E-state index contributed by atoms with van der Waals surface area (Å²) in [6.45, 7) is -0.0675. The van der Waals surface area contributed by atoms with E-state index in [4.69, 9.17) is 14.2 Å². The van der Waals surface area contributed by atoms with Crippen molar-refractivity contribution < 1.29 is 34.0 Å². The van der Waals surface area contributed by atoms with E-state index in [0.29, 0.717) is 11.1 Å². The fourth-order valence-corrected chi connectivity index (χ4v) is 2.85. The molecule has 1 heterocycles. The molecule has 0 spiro atoms. The van der Waals surface area contributed by atoms with Gasteiger partial charge in [-0.1, -0.05) is 6.07 Å². The number of carbonyl (C=O) groups is 2. The fraction of sp³-hybridized carbons (Fsp3) is 0.200. The molecule has 0 bridgehead atoms. The standard InChI is InChI=1S/C20H18O7/c1-25-17-8-11(3-5-15(17)21)7-13-14(10-27-20(13)24)19(23)12-4-6-16(22)18(9-12)26-2/h3-9,14,21-22H,10H2,1-2H3/b13-7+/t14-/m0/s1. The number of rotatable bonds is 5. The summed E-state index contributed by atoms with van der Waals surface area (Å²) < 4.78 is 15.1. The second kappa shape index (κ2) is 7.41. The topological polar surface area (TPSA) is 102 Å². The molecule has 1 aliphatic rings. The van der Waals surface area contributed by atoms with Crippen LogP contribution < -0.4 is 9.47 Å². The van der Waals surface area contributed by atoms with Gasteiger partial charge in [0, 0.05) is 5.56 Å². The molecule has 1 fully saturated rings. The first-order valence-corrected chi connectivity index (χ1v) is 8.11. The summed E-state index contributed by atoms with van der Waals surface area (Å²) in [6, 6.07) is 8.83. The van der Waals surface area contributed by atoms with Crippen LogP contribution in [0.4, 0.5) is 0 Å². The molecule has 2 aromatic rings. The smallest absolute Gasteiger partial charge is 0.334 e. The largest absolute Gasteiger partial charge is 0.504 e.